The van der Waals surface area contributed by atoms with E-state index in [9.17, 15) is 14.0 Å². The van der Waals surface area contributed by atoms with Gasteiger partial charge in [0.25, 0.3) is 5.91 Å². The summed E-state index contributed by atoms with van der Waals surface area (Å²) in [7, 11) is 1.64. The molecule has 7 nitrogen and oxygen atoms in total. The van der Waals surface area contributed by atoms with Crippen molar-refractivity contribution in [3.05, 3.63) is 47.3 Å². The van der Waals surface area contributed by atoms with Gasteiger partial charge in [0.15, 0.2) is 6.29 Å². The van der Waals surface area contributed by atoms with E-state index in [4.69, 9.17) is 14.2 Å². The first kappa shape index (κ1) is 20.0. The third-order valence-corrected chi connectivity index (χ3v) is 5.27. The molecule has 8 heteroatoms. The summed E-state index contributed by atoms with van der Waals surface area (Å²) in [6.45, 7) is 2.02. The monoisotopic (exact) mass is 414 g/mol. The molecule has 0 spiro atoms. The SMILES string of the molecule is CNc1cc(C(=O)N2CC(COc3ccc4c(c3)CCO4)C2)c(F)cc1OCC=O. The van der Waals surface area contributed by atoms with E-state index >= 15 is 0 Å². The quantitative estimate of drug-likeness (QED) is 0.669. The van der Waals surface area contributed by atoms with Crippen molar-refractivity contribution in [1.29, 1.82) is 0 Å². The molecule has 2 aliphatic heterocycles. The first-order valence-electron chi connectivity index (χ1n) is 9.84. The number of nitrogens with zero attached hydrogens (tertiary/aromatic N) is 1. The number of anilines is 1. The zero-order chi connectivity index (χ0) is 21.1. The fourth-order valence-corrected chi connectivity index (χ4v) is 3.64. The lowest BCUT2D eigenvalue weighted by molar-refractivity contribution is -0.109. The van der Waals surface area contributed by atoms with E-state index in [1.165, 1.54) is 6.07 Å². The number of hydrogen-bond acceptors (Lipinski definition) is 6. The number of nitrogens with one attached hydrogen (secondary N) is 1. The molecule has 0 radical (unpaired) electrons. The topological polar surface area (TPSA) is 77.1 Å². The fourth-order valence-electron chi connectivity index (χ4n) is 3.64. The van der Waals surface area contributed by atoms with Crippen LogP contribution in [0.3, 0.4) is 0 Å². The van der Waals surface area contributed by atoms with Gasteiger partial charge >= 0.3 is 0 Å². The average Bonchev–Trinajstić information content (AvgIpc) is 3.18. The Morgan fingerprint density at radius 1 is 1.30 bits per heavy atom. The van der Waals surface area contributed by atoms with Crippen LogP contribution in [-0.4, -0.2) is 57.1 Å². The van der Waals surface area contributed by atoms with Crippen LogP contribution in [0.1, 0.15) is 15.9 Å². The molecule has 0 aromatic heterocycles. The summed E-state index contributed by atoms with van der Waals surface area (Å²) in [6.07, 6.45) is 1.46. The maximum atomic E-state index is 14.5. The summed E-state index contributed by atoms with van der Waals surface area (Å²) in [6, 6.07) is 8.33. The Labute approximate surface area is 173 Å². The number of benzene rings is 2. The lowest BCUT2D eigenvalue weighted by Gasteiger charge is -2.39. The highest BCUT2D eigenvalue weighted by Crippen LogP contribution is 2.31. The van der Waals surface area contributed by atoms with Crippen LogP contribution in [0.2, 0.25) is 0 Å². The molecule has 4 rings (SSSR count). The van der Waals surface area contributed by atoms with Gasteiger partial charge < -0.3 is 24.4 Å². The molecule has 1 saturated heterocycles. The van der Waals surface area contributed by atoms with Gasteiger partial charge in [0.2, 0.25) is 0 Å². The Morgan fingerprint density at radius 2 is 2.13 bits per heavy atom. The zero-order valence-electron chi connectivity index (χ0n) is 16.7. The summed E-state index contributed by atoms with van der Waals surface area (Å²) < 4.78 is 31.0. The van der Waals surface area contributed by atoms with E-state index in [0.717, 1.165) is 29.5 Å². The molecule has 1 N–H and O–H groups in total. The molecule has 2 aromatic rings. The number of hydrogen-bond donors (Lipinski definition) is 1. The Morgan fingerprint density at radius 3 is 2.90 bits per heavy atom. The predicted molar refractivity (Wildman–Crippen MR) is 108 cm³/mol. The highest BCUT2D eigenvalue weighted by molar-refractivity contribution is 5.96. The molecule has 2 heterocycles. The highest BCUT2D eigenvalue weighted by atomic mass is 19.1. The normalized spacial score (nSPS) is 15.1. The number of fused-ring (bicyclic) bond motifs is 1. The third-order valence-electron chi connectivity index (χ3n) is 5.27. The van der Waals surface area contributed by atoms with E-state index in [0.29, 0.717) is 38.3 Å². The van der Waals surface area contributed by atoms with Crippen molar-refractivity contribution in [3.63, 3.8) is 0 Å². The first-order valence-corrected chi connectivity index (χ1v) is 9.84. The molecular formula is C22H23FN2O5. The van der Waals surface area contributed by atoms with Crippen molar-refractivity contribution < 1.29 is 28.2 Å². The standard InChI is InChI=1S/C22H23FN2O5/c1-24-19-9-17(18(23)10-21(19)29-7-5-26)22(27)25-11-14(12-25)13-30-16-2-3-20-15(8-16)4-6-28-20/h2-3,5,8-10,14,24H,4,6-7,11-13H2,1H3. The molecule has 2 aliphatic rings. The van der Waals surface area contributed by atoms with Crippen LogP contribution in [0, 0.1) is 11.7 Å². The second-order valence-corrected chi connectivity index (χ2v) is 7.31. The van der Waals surface area contributed by atoms with Gasteiger partial charge in [-0.15, -0.1) is 0 Å². The van der Waals surface area contributed by atoms with Crippen LogP contribution >= 0.6 is 0 Å². The van der Waals surface area contributed by atoms with E-state index in [-0.39, 0.29) is 29.7 Å². The molecule has 0 unspecified atom stereocenters. The van der Waals surface area contributed by atoms with Gasteiger partial charge in [-0.2, -0.15) is 0 Å². The van der Waals surface area contributed by atoms with Crippen molar-refractivity contribution in [1.82, 2.24) is 4.90 Å². The van der Waals surface area contributed by atoms with E-state index in [2.05, 4.69) is 5.32 Å². The smallest absolute Gasteiger partial charge is 0.256 e. The molecular weight excluding hydrogens is 391 g/mol. The molecule has 0 aliphatic carbocycles. The van der Waals surface area contributed by atoms with E-state index < -0.39 is 5.82 Å². The number of likely N-dealkylation sites (tertiary alicyclic amines) is 1. The van der Waals surface area contributed by atoms with Gasteiger partial charge in [0.1, 0.15) is 29.7 Å². The van der Waals surface area contributed by atoms with Crippen LogP contribution in [-0.2, 0) is 11.2 Å². The maximum absolute atomic E-state index is 14.5. The summed E-state index contributed by atoms with van der Waals surface area (Å²) in [5.41, 5.74) is 1.56. The maximum Gasteiger partial charge on any atom is 0.256 e. The van der Waals surface area contributed by atoms with Crippen molar-refractivity contribution in [2.24, 2.45) is 5.92 Å². The van der Waals surface area contributed by atoms with Crippen molar-refractivity contribution in [3.8, 4) is 17.2 Å². The number of halogens is 1. The average molecular weight is 414 g/mol. The Bertz CT molecular complexity index is 959. The van der Waals surface area contributed by atoms with Crippen LogP contribution in [0.15, 0.2) is 30.3 Å². The molecule has 1 amide bonds. The molecule has 0 atom stereocenters. The summed E-state index contributed by atoms with van der Waals surface area (Å²) in [4.78, 5) is 24.8. The van der Waals surface area contributed by atoms with Gasteiger partial charge in [-0.1, -0.05) is 0 Å². The Hall–Kier alpha value is -3.29. The van der Waals surface area contributed by atoms with Crippen molar-refractivity contribution in [2.75, 3.05) is 45.3 Å². The largest absolute Gasteiger partial charge is 0.493 e. The lowest BCUT2D eigenvalue weighted by atomic mass is 9.99. The number of aldehydes is 1. The van der Waals surface area contributed by atoms with Gasteiger partial charge in [-0.25, -0.2) is 4.39 Å². The lowest BCUT2D eigenvalue weighted by Crippen LogP contribution is -2.52. The minimum absolute atomic E-state index is 0.0317. The van der Waals surface area contributed by atoms with Gasteiger partial charge in [0.05, 0.1) is 24.5 Å². The van der Waals surface area contributed by atoms with Crippen LogP contribution in [0.25, 0.3) is 0 Å². The first-order chi connectivity index (χ1) is 14.6. The molecule has 0 saturated carbocycles. The number of ether oxygens (including phenoxy) is 3. The third kappa shape index (κ3) is 4.03. The van der Waals surface area contributed by atoms with Crippen LogP contribution in [0.4, 0.5) is 10.1 Å². The number of rotatable bonds is 8. The highest BCUT2D eigenvalue weighted by Gasteiger charge is 2.33. The molecule has 2 aromatic carbocycles. The molecule has 1 fully saturated rings. The number of carbonyl (C=O) groups is 2. The van der Waals surface area contributed by atoms with Gasteiger partial charge in [0, 0.05) is 44.1 Å². The van der Waals surface area contributed by atoms with Crippen LogP contribution in [0.5, 0.6) is 17.2 Å². The number of carbonyl (C=O) groups excluding carboxylic acids is 2. The van der Waals surface area contributed by atoms with Crippen molar-refractivity contribution >= 4 is 17.9 Å². The second kappa shape index (κ2) is 8.61. The molecule has 158 valence electrons. The fraction of sp³-hybridized carbons (Fsp3) is 0.364. The van der Waals surface area contributed by atoms with Gasteiger partial charge in [-0.05, 0) is 24.3 Å². The Kier molecular flexibility index (Phi) is 5.74. The zero-order valence-corrected chi connectivity index (χ0v) is 16.7. The molecule has 0 bridgehead atoms. The van der Waals surface area contributed by atoms with Crippen LogP contribution < -0.4 is 19.5 Å². The predicted octanol–water partition coefficient (Wildman–Crippen LogP) is 2.53. The summed E-state index contributed by atoms with van der Waals surface area (Å²) >= 11 is 0. The Balaban J connectivity index is 1.33. The van der Waals surface area contributed by atoms with E-state index in [1.807, 2.05) is 18.2 Å². The van der Waals surface area contributed by atoms with Crippen molar-refractivity contribution in [2.45, 2.75) is 6.42 Å². The minimum atomic E-state index is -0.681. The molecule has 30 heavy (non-hydrogen) atoms. The number of amides is 1. The second-order valence-electron chi connectivity index (χ2n) is 7.31. The summed E-state index contributed by atoms with van der Waals surface area (Å²) in [5.74, 6) is 1.03. The summed E-state index contributed by atoms with van der Waals surface area (Å²) in [5, 5.41) is 2.86. The van der Waals surface area contributed by atoms with Gasteiger partial charge in [-0.3, -0.25) is 9.59 Å². The minimum Gasteiger partial charge on any atom is -0.493 e. The van der Waals surface area contributed by atoms with E-state index in [1.54, 1.807) is 11.9 Å².